The number of aryl methyl sites for hydroxylation is 1. The third-order valence-electron chi connectivity index (χ3n) is 4.13. The van der Waals surface area contributed by atoms with Gasteiger partial charge in [-0.2, -0.15) is 0 Å². The SMILES string of the molecule is Cc1cc(NC(=O)CSc2nc3ccccc3c(=O)n2-c2ccc(F)c(Cl)c2)no1. The van der Waals surface area contributed by atoms with Crippen molar-refractivity contribution in [3.8, 4) is 5.69 Å². The number of hydrogen-bond acceptors (Lipinski definition) is 6. The van der Waals surface area contributed by atoms with Crippen molar-refractivity contribution in [1.29, 1.82) is 0 Å². The van der Waals surface area contributed by atoms with Crippen LogP contribution in [-0.4, -0.2) is 26.4 Å². The first-order valence-electron chi connectivity index (χ1n) is 8.75. The van der Waals surface area contributed by atoms with Crippen molar-refractivity contribution >= 4 is 46.0 Å². The van der Waals surface area contributed by atoms with Crippen LogP contribution >= 0.6 is 23.4 Å². The van der Waals surface area contributed by atoms with E-state index in [1.165, 1.54) is 22.8 Å². The van der Waals surface area contributed by atoms with Gasteiger partial charge < -0.3 is 9.84 Å². The summed E-state index contributed by atoms with van der Waals surface area (Å²) in [5.74, 6) is -0.118. The van der Waals surface area contributed by atoms with Crippen LogP contribution in [0.15, 0.2) is 63.0 Å². The molecule has 0 aliphatic carbocycles. The molecule has 0 atom stereocenters. The van der Waals surface area contributed by atoms with E-state index in [2.05, 4.69) is 15.5 Å². The van der Waals surface area contributed by atoms with Gasteiger partial charge in [-0.25, -0.2) is 9.37 Å². The van der Waals surface area contributed by atoms with Crippen molar-refractivity contribution in [2.24, 2.45) is 0 Å². The molecule has 0 unspecified atom stereocenters. The third-order valence-corrected chi connectivity index (χ3v) is 5.36. The fourth-order valence-electron chi connectivity index (χ4n) is 2.80. The van der Waals surface area contributed by atoms with Crippen LogP contribution in [0.4, 0.5) is 10.2 Å². The number of aromatic nitrogens is 3. The van der Waals surface area contributed by atoms with Crippen molar-refractivity contribution in [3.63, 3.8) is 0 Å². The summed E-state index contributed by atoms with van der Waals surface area (Å²) < 4.78 is 19.9. The summed E-state index contributed by atoms with van der Waals surface area (Å²) in [4.78, 5) is 29.9. The zero-order chi connectivity index (χ0) is 21.3. The normalized spacial score (nSPS) is 11.0. The summed E-state index contributed by atoms with van der Waals surface area (Å²) in [7, 11) is 0. The summed E-state index contributed by atoms with van der Waals surface area (Å²) in [6.07, 6.45) is 0. The Labute approximate surface area is 178 Å². The molecule has 152 valence electrons. The van der Waals surface area contributed by atoms with Gasteiger partial charge in [-0.1, -0.05) is 40.7 Å². The maximum Gasteiger partial charge on any atom is 0.266 e. The lowest BCUT2D eigenvalue weighted by molar-refractivity contribution is -0.113. The lowest BCUT2D eigenvalue weighted by Crippen LogP contribution is -2.23. The molecule has 2 heterocycles. The molecule has 0 radical (unpaired) electrons. The highest BCUT2D eigenvalue weighted by atomic mass is 35.5. The van der Waals surface area contributed by atoms with Gasteiger partial charge in [0.15, 0.2) is 11.0 Å². The van der Waals surface area contributed by atoms with Gasteiger partial charge in [0.2, 0.25) is 5.91 Å². The Morgan fingerprint density at radius 1 is 1.27 bits per heavy atom. The standard InChI is InChI=1S/C20H14ClFN4O3S/c1-11-8-17(25-29-11)24-18(27)10-30-20-23-16-5-3-2-4-13(16)19(28)26(20)12-6-7-15(22)14(21)9-12/h2-9H,10H2,1H3,(H,24,25,27). The van der Waals surface area contributed by atoms with Crippen molar-refractivity contribution in [1.82, 2.24) is 14.7 Å². The minimum atomic E-state index is -0.598. The summed E-state index contributed by atoms with van der Waals surface area (Å²) in [5.41, 5.74) is 0.486. The van der Waals surface area contributed by atoms with Gasteiger partial charge >= 0.3 is 0 Å². The molecule has 0 aliphatic rings. The molecule has 0 spiro atoms. The van der Waals surface area contributed by atoms with E-state index in [1.54, 1.807) is 37.3 Å². The number of para-hydroxylation sites is 1. The van der Waals surface area contributed by atoms with Crippen molar-refractivity contribution in [2.75, 3.05) is 11.1 Å². The molecule has 1 amide bonds. The van der Waals surface area contributed by atoms with Gasteiger partial charge in [-0.15, -0.1) is 0 Å². The number of halogens is 2. The van der Waals surface area contributed by atoms with Crippen LogP contribution in [-0.2, 0) is 4.79 Å². The average Bonchev–Trinajstić information content (AvgIpc) is 3.13. The third kappa shape index (κ3) is 4.07. The van der Waals surface area contributed by atoms with Crippen molar-refractivity contribution in [3.05, 3.63) is 75.5 Å². The number of thioether (sulfide) groups is 1. The largest absolute Gasteiger partial charge is 0.360 e. The highest BCUT2D eigenvalue weighted by molar-refractivity contribution is 7.99. The topological polar surface area (TPSA) is 90.0 Å². The fraction of sp³-hybridized carbons (Fsp3) is 0.100. The molecule has 10 heteroatoms. The number of carbonyl (C=O) groups excluding carboxylic acids is 1. The van der Waals surface area contributed by atoms with E-state index in [4.69, 9.17) is 16.1 Å². The first kappa shape index (κ1) is 20.1. The lowest BCUT2D eigenvalue weighted by atomic mass is 10.2. The second kappa shape index (κ2) is 8.29. The predicted molar refractivity (Wildman–Crippen MR) is 113 cm³/mol. The smallest absolute Gasteiger partial charge is 0.266 e. The van der Waals surface area contributed by atoms with Crippen LogP contribution < -0.4 is 10.9 Å². The zero-order valence-corrected chi connectivity index (χ0v) is 17.1. The summed E-state index contributed by atoms with van der Waals surface area (Å²) >= 11 is 6.97. The van der Waals surface area contributed by atoms with Gasteiger partial charge in [0, 0.05) is 6.07 Å². The van der Waals surface area contributed by atoms with Gasteiger partial charge in [0.05, 0.1) is 27.4 Å². The molecule has 30 heavy (non-hydrogen) atoms. The number of hydrogen-bond donors (Lipinski definition) is 1. The van der Waals surface area contributed by atoms with Crippen LogP contribution in [0, 0.1) is 12.7 Å². The van der Waals surface area contributed by atoms with E-state index in [0.717, 1.165) is 11.8 Å². The Morgan fingerprint density at radius 2 is 2.07 bits per heavy atom. The second-order valence-corrected chi connectivity index (χ2v) is 7.66. The van der Waals surface area contributed by atoms with E-state index >= 15 is 0 Å². The minimum Gasteiger partial charge on any atom is -0.360 e. The number of nitrogens with zero attached hydrogens (tertiary/aromatic N) is 3. The van der Waals surface area contributed by atoms with E-state index in [9.17, 15) is 14.0 Å². The zero-order valence-electron chi connectivity index (χ0n) is 15.6. The van der Waals surface area contributed by atoms with Crippen LogP contribution in [0.2, 0.25) is 5.02 Å². The summed E-state index contributed by atoms with van der Waals surface area (Å²) in [6.45, 7) is 1.71. The molecule has 0 saturated heterocycles. The molecule has 4 rings (SSSR count). The monoisotopic (exact) mass is 444 g/mol. The second-order valence-electron chi connectivity index (χ2n) is 6.31. The quantitative estimate of drug-likeness (QED) is 0.366. The van der Waals surface area contributed by atoms with Crippen LogP contribution in [0.5, 0.6) is 0 Å². The number of amides is 1. The van der Waals surface area contributed by atoms with E-state index < -0.39 is 5.82 Å². The van der Waals surface area contributed by atoms with Crippen molar-refractivity contribution < 1.29 is 13.7 Å². The van der Waals surface area contributed by atoms with E-state index in [0.29, 0.717) is 28.2 Å². The fourth-order valence-corrected chi connectivity index (χ4v) is 3.78. The molecule has 2 aromatic carbocycles. The number of rotatable bonds is 5. The molecule has 0 saturated carbocycles. The maximum absolute atomic E-state index is 13.6. The van der Waals surface area contributed by atoms with E-state index in [-0.39, 0.29) is 27.4 Å². The Morgan fingerprint density at radius 3 is 2.80 bits per heavy atom. The number of carbonyl (C=O) groups is 1. The van der Waals surface area contributed by atoms with Crippen LogP contribution in [0.3, 0.4) is 0 Å². The molecule has 1 N–H and O–H groups in total. The molecular weight excluding hydrogens is 431 g/mol. The predicted octanol–water partition coefficient (Wildman–Crippen LogP) is 4.21. The summed E-state index contributed by atoms with van der Waals surface area (Å²) in [5, 5.41) is 6.86. The Hall–Kier alpha value is -3.17. The Bertz CT molecular complexity index is 1320. The molecule has 0 fully saturated rings. The number of fused-ring (bicyclic) bond motifs is 1. The first-order valence-corrected chi connectivity index (χ1v) is 10.1. The van der Waals surface area contributed by atoms with Gasteiger partial charge in [-0.3, -0.25) is 14.2 Å². The van der Waals surface area contributed by atoms with Crippen molar-refractivity contribution in [2.45, 2.75) is 12.1 Å². The molecule has 0 bridgehead atoms. The molecule has 7 nitrogen and oxygen atoms in total. The van der Waals surface area contributed by atoms with Crippen LogP contribution in [0.1, 0.15) is 5.76 Å². The lowest BCUT2D eigenvalue weighted by Gasteiger charge is -2.13. The van der Waals surface area contributed by atoms with E-state index in [1.807, 2.05) is 0 Å². The number of nitrogens with one attached hydrogen (secondary N) is 1. The highest BCUT2D eigenvalue weighted by Gasteiger charge is 2.16. The van der Waals surface area contributed by atoms with Crippen LogP contribution in [0.25, 0.3) is 16.6 Å². The van der Waals surface area contributed by atoms with Gasteiger partial charge in [0.25, 0.3) is 5.56 Å². The molecule has 4 aromatic rings. The highest BCUT2D eigenvalue weighted by Crippen LogP contribution is 2.24. The first-order chi connectivity index (χ1) is 14.4. The summed E-state index contributed by atoms with van der Waals surface area (Å²) in [6, 6.07) is 12.4. The number of anilines is 1. The Kier molecular flexibility index (Phi) is 5.56. The average molecular weight is 445 g/mol. The molecular formula is C20H14ClFN4O3S. The van der Waals surface area contributed by atoms with Gasteiger partial charge in [-0.05, 0) is 37.3 Å². The number of benzene rings is 2. The Balaban J connectivity index is 1.71. The maximum atomic E-state index is 13.6. The van der Waals surface area contributed by atoms with Gasteiger partial charge in [0.1, 0.15) is 11.6 Å². The minimum absolute atomic E-state index is 0.0361. The molecule has 0 aliphatic heterocycles. The molecule has 2 aromatic heterocycles.